The van der Waals surface area contributed by atoms with Crippen LogP contribution < -0.4 is 0 Å². The Morgan fingerprint density at radius 1 is 1.39 bits per heavy atom. The van der Waals surface area contributed by atoms with Gasteiger partial charge >= 0.3 is 0 Å². The Morgan fingerprint density at radius 2 is 2.06 bits per heavy atom. The van der Waals surface area contributed by atoms with Crippen LogP contribution in [-0.4, -0.2) is 47.3 Å². The average Bonchev–Trinajstić information content (AvgIpc) is 2.72. The van der Waals surface area contributed by atoms with E-state index in [1.165, 1.54) is 11.3 Å². The molecule has 98 valence electrons. The highest BCUT2D eigenvalue weighted by Gasteiger charge is 2.43. The first kappa shape index (κ1) is 13.5. The summed E-state index contributed by atoms with van der Waals surface area (Å²) in [5.74, 6) is -0.0881. The Bertz CT molecular complexity index is 498. The zero-order valence-electron chi connectivity index (χ0n) is 10.6. The SMILES string of the molecule is CN1CCN(C(=O)c2ccc(Br)s2)C(C)(C)C1=O. The van der Waals surface area contributed by atoms with E-state index in [9.17, 15) is 9.59 Å². The summed E-state index contributed by atoms with van der Waals surface area (Å²) in [6.07, 6.45) is 0. The third-order valence-corrected chi connectivity index (χ3v) is 4.84. The van der Waals surface area contributed by atoms with Gasteiger partial charge in [0.1, 0.15) is 5.54 Å². The summed E-state index contributed by atoms with van der Waals surface area (Å²) >= 11 is 4.74. The average molecular weight is 331 g/mol. The first-order valence-corrected chi connectivity index (χ1v) is 7.28. The van der Waals surface area contributed by atoms with Crippen molar-refractivity contribution in [2.75, 3.05) is 20.1 Å². The van der Waals surface area contributed by atoms with E-state index in [1.54, 1.807) is 36.8 Å². The molecule has 1 aromatic rings. The fraction of sp³-hybridized carbons (Fsp3) is 0.500. The molecule has 0 spiro atoms. The second kappa shape index (κ2) is 4.66. The van der Waals surface area contributed by atoms with Gasteiger partial charge in [-0.25, -0.2) is 0 Å². The Kier molecular flexibility index (Phi) is 3.51. The van der Waals surface area contributed by atoms with E-state index in [0.717, 1.165) is 3.79 Å². The van der Waals surface area contributed by atoms with Crippen molar-refractivity contribution in [3.63, 3.8) is 0 Å². The summed E-state index contributed by atoms with van der Waals surface area (Å²) in [6, 6.07) is 3.64. The lowest BCUT2D eigenvalue weighted by Gasteiger charge is -2.44. The molecule has 0 saturated carbocycles. The molecule has 0 aliphatic carbocycles. The lowest BCUT2D eigenvalue weighted by atomic mass is 9.97. The molecule has 4 nitrogen and oxygen atoms in total. The van der Waals surface area contributed by atoms with E-state index < -0.39 is 5.54 Å². The molecule has 1 aliphatic rings. The lowest BCUT2D eigenvalue weighted by Crippen LogP contribution is -2.63. The van der Waals surface area contributed by atoms with Crippen LogP contribution in [0.25, 0.3) is 0 Å². The smallest absolute Gasteiger partial charge is 0.264 e. The van der Waals surface area contributed by atoms with Crippen molar-refractivity contribution in [2.45, 2.75) is 19.4 Å². The van der Waals surface area contributed by atoms with Gasteiger partial charge in [-0.05, 0) is 41.9 Å². The van der Waals surface area contributed by atoms with E-state index in [1.807, 2.05) is 6.07 Å². The number of rotatable bonds is 1. The van der Waals surface area contributed by atoms with Crippen molar-refractivity contribution in [1.29, 1.82) is 0 Å². The Balaban J connectivity index is 2.28. The van der Waals surface area contributed by atoms with E-state index in [-0.39, 0.29) is 11.8 Å². The second-order valence-corrected chi connectivity index (χ2v) is 7.31. The topological polar surface area (TPSA) is 40.6 Å². The number of hydrogen-bond donors (Lipinski definition) is 0. The molecule has 1 aromatic heterocycles. The fourth-order valence-electron chi connectivity index (χ4n) is 2.13. The number of thiophene rings is 1. The fourth-order valence-corrected chi connectivity index (χ4v) is 3.47. The molecule has 1 fully saturated rings. The summed E-state index contributed by atoms with van der Waals surface area (Å²) in [5.41, 5.74) is -0.777. The predicted octanol–water partition coefficient (Wildman–Crippen LogP) is 2.20. The molecule has 0 aromatic carbocycles. The number of nitrogens with zero attached hydrogens (tertiary/aromatic N) is 2. The van der Waals surface area contributed by atoms with E-state index in [2.05, 4.69) is 15.9 Å². The van der Waals surface area contributed by atoms with Gasteiger partial charge in [0, 0.05) is 20.1 Å². The van der Waals surface area contributed by atoms with Crippen molar-refractivity contribution >= 4 is 39.1 Å². The number of carbonyl (C=O) groups is 2. The molecule has 1 saturated heterocycles. The first-order chi connectivity index (χ1) is 8.34. The van der Waals surface area contributed by atoms with Gasteiger partial charge in [-0.1, -0.05) is 0 Å². The Hall–Kier alpha value is -0.880. The number of halogens is 1. The Labute approximate surface area is 119 Å². The first-order valence-electron chi connectivity index (χ1n) is 5.67. The van der Waals surface area contributed by atoms with Crippen LogP contribution in [0.4, 0.5) is 0 Å². The monoisotopic (exact) mass is 330 g/mol. The van der Waals surface area contributed by atoms with Gasteiger partial charge in [-0.15, -0.1) is 11.3 Å². The van der Waals surface area contributed by atoms with Gasteiger partial charge < -0.3 is 9.80 Å². The van der Waals surface area contributed by atoms with Crippen molar-refractivity contribution in [1.82, 2.24) is 9.80 Å². The molecular formula is C12H15BrN2O2S. The van der Waals surface area contributed by atoms with Gasteiger partial charge in [0.25, 0.3) is 5.91 Å². The van der Waals surface area contributed by atoms with E-state index in [4.69, 9.17) is 0 Å². The highest BCUT2D eigenvalue weighted by Crippen LogP contribution is 2.28. The molecule has 0 N–H and O–H groups in total. The Morgan fingerprint density at radius 3 is 2.61 bits per heavy atom. The van der Waals surface area contributed by atoms with E-state index >= 15 is 0 Å². The summed E-state index contributed by atoms with van der Waals surface area (Å²) in [7, 11) is 1.77. The highest BCUT2D eigenvalue weighted by atomic mass is 79.9. The molecule has 1 aliphatic heterocycles. The van der Waals surface area contributed by atoms with Crippen molar-refractivity contribution in [2.24, 2.45) is 0 Å². The summed E-state index contributed by atoms with van der Waals surface area (Å²) in [6.45, 7) is 4.75. The van der Waals surface area contributed by atoms with Crippen LogP contribution in [0.2, 0.25) is 0 Å². The maximum absolute atomic E-state index is 12.4. The minimum Gasteiger partial charge on any atom is -0.342 e. The van der Waals surface area contributed by atoms with Crippen molar-refractivity contribution in [3.05, 3.63) is 20.8 Å². The largest absolute Gasteiger partial charge is 0.342 e. The van der Waals surface area contributed by atoms with Crippen molar-refractivity contribution in [3.8, 4) is 0 Å². The number of likely N-dealkylation sites (N-methyl/N-ethyl adjacent to an activating group) is 1. The molecule has 0 bridgehead atoms. The number of hydrogen-bond acceptors (Lipinski definition) is 3. The van der Waals surface area contributed by atoms with Gasteiger partial charge in [0.2, 0.25) is 5.91 Å². The maximum Gasteiger partial charge on any atom is 0.264 e. The molecule has 18 heavy (non-hydrogen) atoms. The quantitative estimate of drug-likeness (QED) is 0.792. The zero-order chi connectivity index (χ0) is 13.5. The normalized spacial score (nSPS) is 19.2. The lowest BCUT2D eigenvalue weighted by molar-refractivity contribution is -0.144. The second-order valence-electron chi connectivity index (χ2n) is 4.85. The number of piperazine rings is 1. The minimum atomic E-state index is -0.777. The summed E-state index contributed by atoms with van der Waals surface area (Å²) in [5, 5.41) is 0. The van der Waals surface area contributed by atoms with Gasteiger partial charge in [-0.3, -0.25) is 9.59 Å². The van der Waals surface area contributed by atoms with Crippen LogP contribution in [0.15, 0.2) is 15.9 Å². The molecule has 2 rings (SSSR count). The molecule has 0 atom stereocenters. The van der Waals surface area contributed by atoms with Crippen LogP contribution in [0.1, 0.15) is 23.5 Å². The highest BCUT2D eigenvalue weighted by molar-refractivity contribution is 9.11. The van der Waals surface area contributed by atoms with Crippen LogP contribution in [0, 0.1) is 0 Å². The van der Waals surface area contributed by atoms with Crippen LogP contribution in [0.3, 0.4) is 0 Å². The summed E-state index contributed by atoms with van der Waals surface area (Å²) < 4.78 is 0.920. The maximum atomic E-state index is 12.4. The minimum absolute atomic E-state index is 0.0160. The summed E-state index contributed by atoms with van der Waals surface area (Å²) in [4.78, 5) is 28.5. The molecule has 6 heteroatoms. The number of amides is 2. The number of carbonyl (C=O) groups excluding carboxylic acids is 2. The predicted molar refractivity (Wildman–Crippen MR) is 74.8 cm³/mol. The third kappa shape index (κ3) is 2.19. The van der Waals surface area contributed by atoms with Gasteiger partial charge in [-0.2, -0.15) is 0 Å². The third-order valence-electron chi connectivity index (χ3n) is 3.23. The van der Waals surface area contributed by atoms with Gasteiger partial charge in [0.05, 0.1) is 8.66 Å². The molecule has 2 amide bonds. The van der Waals surface area contributed by atoms with Crippen LogP contribution >= 0.6 is 27.3 Å². The molecule has 2 heterocycles. The van der Waals surface area contributed by atoms with Crippen LogP contribution in [-0.2, 0) is 4.79 Å². The standard InChI is InChI=1S/C12H15BrN2O2S/c1-12(2)11(17)14(3)6-7-15(12)10(16)8-4-5-9(13)18-8/h4-5H,6-7H2,1-3H3. The molecular weight excluding hydrogens is 316 g/mol. The molecule has 0 radical (unpaired) electrons. The van der Waals surface area contributed by atoms with Crippen LogP contribution in [0.5, 0.6) is 0 Å². The zero-order valence-corrected chi connectivity index (χ0v) is 13.0. The molecule has 0 unspecified atom stereocenters. The van der Waals surface area contributed by atoms with Crippen molar-refractivity contribution < 1.29 is 9.59 Å². The van der Waals surface area contributed by atoms with E-state index in [0.29, 0.717) is 18.0 Å². The van der Waals surface area contributed by atoms with Gasteiger partial charge in [0.15, 0.2) is 0 Å².